The number of carbonyl (C=O) groups excluding carboxylic acids is 4. The van der Waals surface area contributed by atoms with Gasteiger partial charge in [0.05, 0.1) is 0 Å². The number of hydrogen-bond donors (Lipinski definition) is 4. The van der Waals surface area contributed by atoms with E-state index in [-0.39, 0.29) is 25.7 Å². The lowest BCUT2D eigenvalue weighted by Crippen LogP contribution is -2.44. The summed E-state index contributed by atoms with van der Waals surface area (Å²) in [6, 6.07) is 16.2. The van der Waals surface area contributed by atoms with Crippen molar-refractivity contribution < 1.29 is 58.6 Å². The van der Waals surface area contributed by atoms with Gasteiger partial charge in [0, 0.05) is 25.7 Å². The summed E-state index contributed by atoms with van der Waals surface area (Å²) in [5, 5.41) is 46.2. The first-order valence-corrected chi connectivity index (χ1v) is 41.0. The van der Waals surface area contributed by atoms with Gasteiger partial charge in [-0.05, 0) is 195 Å². The van der Waals surface area contributed by atoms with Gasteiger partial charge in [-0.2, -0.15) is 0 Å². The Bertz CT molecular complexity index is 2430. The van der Waals surface area contributed by atoms with Crippen molar-refractivity contribution in [3.63, 3.8) is 0 Å². The van der Waals surface area contributed by atoms with Crippen molar-refractivity contribution in [1.82, 2.24) is 0 Å². The number of benzene rings is 4. The first kappa shape index (κ1) is 87.4. The number of phenols is 4. The summed E-state index contributed by atoms with van der Waals surface area (Å²) in [7, 11) is 0. The number of aryl methyl sites for hydroxylation is 12. The maximum Gasteiger partial charge on any atom is 0.306 e. The highest BCUT2D eigenvalue weighted by molar-refractivity contribution is 5.72. The molecule has 0 aliphatic heterocycles. The fourth-order valence-corrected chi connectivity index (χ4v) is 13.8. The molecule has 0 atom stereocenters. The van der Waals surface area contributed by atoms with Crippen molar-refractivity contribution in [2.75, 3.05) is 26.4 Å². The van der Waals surface area contributed by atoms with Gasteiger partial charge in [0.25, 0.3) is 0 Å². The van der Waals surface area contributed by atoms with E-state index in [4.69, 9.17) is 18.9 Å². The van der Waals surface area contributed by atoms with Crippen LogP contribution in [-0.4, -0.2) is 70.7 Å². The maximum absolute atomic E-state index is 14.4. The van der Waals surface area contributed by atoms with Gasteiger partial charge < -0.3 is 39.4 Å². The van der Waals surface area contributed by atoms with Gasteiger partial charge in [0.15, 0.2) is 0 Å². The van der Waals surface area contributed by atoms with Gasteiger partial charge in [-0.1, -0.05) is 258 Å². The average molecular weight is 1400 g/mol. The summed E-state index contributed by atoms with van der Waals surface area (Å²) in [5.41, 5.74) is 9.34. The van der Waals surface area contributed by atoms with Gasteiger partial charge in [-0.15, -0.1) is 0 Å². The molecule has 0 aliphatic carbocycles. The Morgan fingerprint density at radius 3 is 0.525 bits per heavy atom. The molecular formula is C89H140O12. The Balaban J connectivity index is 1.75. The van der Waals surface area contributed by atoms with E-state index in [1.165, 1.54) is 0 Å². The lowest BCUT2D eigenvalue weighted by atomic mass is 9.91. The second kappa shape index (κ2) is 52.8. The van der Waals surface area contributed by atoms with Crippen molar-refractivity contribution in [1.29, 1.82) is 0 Å². The van der Waals surface area contributed by atoms with E-state index in [9.17, 15) is 39.6 Å². The molecule has 0 radical (unpaired) electrons. The summed E-state index contributed by atoms with van der Waals surface area (Å²) in [5.74, 6) is -0.731. The number of esters is 4. The van der Waals surface area contributed by atoms with Gasteiger partial charge in [0.2, 0.25) is 0 Å². The highest BCUT2D eigenvalue weighted by atomic mass is 16.6. The number of phenolic OH excluding ortho intramolecular Hbond substituents is 4. The summed E-state index contributed by atoms with van der Waals surface area (Å²) >= 11 is 0. The molecule has 568 valence electrons. The molecule has 0 spiro atoms. The van der Waals surface area contributed by atoms with Crippen LogP contribution in [0.4, 0.5) is 0 Å². The minimum Gasteiger partial charge on any atom is -0.507 e. The molecule has 12 heteroatoms. The number of unbranched alkanes of at least 4 members (excludes halogenated alkanes) is 24. The van der Waals surface area contributed by atoms with E-state index in [2.05, 4.69) is 55.4 Å². The lowest BCUT2D eigenvalue weighted by Gasteiger charge is -2.31. The summed E-state index contributed by atoms with van der Waals surface area (Å²) in [6.07, 6.45) is 41.3. The van der Waals surface area contributed by atoms with Crippen LogP contribution in [0.15, 0.2) is 48.5 Å². The molecule has 0 aliphatic rings. The number of rotatable bonds is 60. The SMILES string of the molecule is CCCCCCc1cc(CCC(=O)OCC(COC(=O)CCc2cc(CCCCCC)c(O)c(CCCCCC)c2)(COC(=O)CCc2cc(CCCCCC)c(O)c(CCCCCC)c2)COC(=O)CCc2cc(CCCCCC)c(O)c(CCCCCC)c2)cc(CCCCCC)c1O. The maximum atomic E-state index is 14.4. The Hall–Kier alpha value is -6.04. The predicted molar refractivity (Wildman–Crippen MR) is 415 cm³/mol. The van der Waals surface area contributed by atoms with E-state index in [1.54, 1.807) is 0 Å². The van der Waals surface area contributed by atoms with Crippen molar-refractivity contribution in [3.8, 4) is 23.0 Å². The normalized spacial score (nSPS) is 11.6. The molecule has 101 heavy (non-hydrogen) atoms. The van der Waals surface area contributed by atoms with E-state index in [1.807, 2.05) is 48.5 Å². The number of carbonyl (C=O) groups is 4. The van der Waals surface area contributed by atoms with Crippen LogP contribution in [0, 0.1) is 5.41 Å². The predicted octanol–water partition coefficient (Wildman–Crippen LogP) is 22.5. The fourth-order valence-electron chi connectivity index (χ4n) is 13.8. The van der Waals surface area contributed by atoms with E-state index in [0.717, 1.165) is 324 Å². The second-order valence-electron chi connectivity index (χ2n) is 29.7. The number of ether oxygens (including phenoxy) is 4. The highest BCUT2D eigenvalue weighted by Crippen LogP contribution is 2.35. The van der Waals surface area contributed by atoms with Gasteiger partial charge in [0.1, 0.15) is 54.8 Å². The molecule has 0 bridgehead atoms. The largest absolute Gasteiger partial charge is 0.507 e. The smallest absolute Gasteiger partial charge is 0.306 e. The quantitative estimate of drug-likeness (QED) is 0.0186. The summed E-state index contributed by atoms with van der Waals surface area (Å²) in [6.45, 7) is 15.9. The fraction of sp³-hybridized carbons (Fsp3) is 0.685. The molecule has 4 aromatic rings. The molecule has 0 unspecified atom stereocenters. The van der Waals surface area contributed by atoms with Crippen LogP contribution in [0.3, 0.4) is 0 Å². The van der Waals surface area contributed by atoms with Crippen LogP contribution in [0.5, 0.6) is 23.0 Å². The van der Waals surface area contributed by atoms with Gasteiger partial charge >= 0.3 is 23.9 Å². The topological polar surface area (TPSA) is 186 Å². The Kier molecular flexibility index (Phi) is 45.7. The van der Waals surface area contributed by atoms with Gasteiger partial charge in [-0.3, -0.25) is 19.2 Å². The third-order valence-electron chi connectivity index (χ3n) is 20.3. The molecule has 4 rings (SSSR count). The zero-order valence-corrected chi connectivity index (χ0v) is 64.9. The van der Waals surface area contributed by atoms with E-state index >= 15 is 0 Å². The lowest BCUT2D eigenvalue weighted by molar-refractivity contribution is -0.170. The molecule has 0 fully saturated rings. The molecule has 0 heterocycles. The summed E-state index contributed by atoms with van der Waals surface area (Å²) < 4.78 is 25.0. The minimum atomic E-state index is -1.53. The van der Waals surface area contributed by atoms with Crippen LogP contribution in [0.1, 0.15) is 353 Å². The first-order chi connectivity index (χ1) is 49.1. The third-order valence-corrected chi connectivity index (χ3v) is 20.3. The van der Waals surface area contributed by atoms with E-state index in [0.29, 0.717) is 48.7 Å². The molecule has 0 aromatic heterocycles. The molecule has 4 N–H and O–H groups in total. The molecule has 12 nitrogen and oxygen atoms in total. The van der Waals surface area contributed by atoms with Crippen molar-refractivity contribution in [2.24, 2.45) is 5.41 Å². The Morgan fingerprint density at radius 1 is 0.238 bits per heavy atom. The van der Waals surface area contributed by atoms with E-state index < -0.39 is 55.7 Å². The molecule has 4 aromatic carbocycles. The van der Waals surface area contributed by atoms with Crippen molar-refractivity contribution in [2.45, 2.75) is 364 Å². The molecule has 0 saturated heterocycles. The Labute approximate surface area is 613 Å². The van der Waals surface area contributed by atoms with Crippen LogP contribution in [0.25, 0.3) is 0 Å². The monoisotopic (exact) mass is 1400 g/mol. The zero-order chi connectivity index (χ0) is 73.3. The van der Waals surface area contributed by atoms with Crippen molar-refractivity contribution in [3.05, 3.63) is 115 Å². The number of aromatic hydroxyl groups is 4. The Morgan fingerprint density at radius 2 is 0.386 bits per heavy atom. The van der Waals surface area contributed by atoms with Crippen molar-refractivity contribution >= 4 is 23.9 Å². The van der Waals surface area contributed by atoms with Crippen LogP contribution >= 0.6 is 0 Å². The molecular weight excluding hydrogens is 1260 g/mol. The van der Waals surface area contributed by atoms with Crippen LogP contribution in [0.2, 0.25) is 0 Å². The number of hydrogen-bond acceptors (Lipinski definition) is 12. The first-order valence-electron chi connectivity index (χ1n) is 41.0. The molecule has 0 amide bonds. The standard InChI is InChI=1S/C89H140O12/c1-9-17-25-33-41-73-57-69(58-74(85(73)94)42-34-26-18-10-2)49-53-81(90)98-65-89(66-99-82(91)54-50-70-59-75(43-35-27-19-11-3)86(95)76(60-70)44-36-28-20-12-4,67-100-83(92)55-51-71-61-77(45-37-29-21-13-5)87(96)78(62-71)46-38-30-22-14-6)68-101-84(93)56-52-72-63-79(47-39-31-23-15-7)88(97)80(64-72)48-40-32-24-16-8/h57-64,94-97H,9-56,65-68H2,1-8H3. The molecule has 0 saturated carbocycles. The zero-order valence-electron chi connectivity index (χ0n) is 64.9. The van der Waals surface area contributed by atoms with Crippen LogP contribution < -0.4 is 0 Å². The minimum absolute atomic E-state index is 0.000208. The summed E-state index contributed by atoms with van der Waals surface area (Å²) in [4.78, 5) is 57.4. The third kappa shape index (κ3) is 35.3. The average Bonchev–Trinajstić information content (AvgIpc) is 0.861. The van der Waals surface area contributed by atoms with Gasteiger partial charge in [-0.25, -0.2) is 0 Å². The second-order valence-corrected chi connectivity index (χ2v) is 29.7. The van der Waals surface area contributed by atoms with Crippen LogP contribution in [-0.2, 0) is 115 Å². The highest BCUT2D eigenvalue weighted by Gasteiger charge is 2.38.